The lowest BCUT2D eigenvalue weighted by Crippen LogP contribution is -2.33. The van der Waals surface area contributed by atoms with Crippen LogP contribution in [-0.2, 0) is 14.8 Å². The maximum absolute atomic E-state index is 12.4. The van der Waals surface area contributed by atoms with Gasteiger partial charge in [-0.2, -0.15) is 0 Å². The van der Waals surface area contributed by atoms with Gasteiger partial charge in [-0.25, -0.2) is 8.42 Å². The molecule has 0 aliphatic carbocycles. The number of anilines is 2. The Kier molecular flexibility index (Phi) is 5.41. The van der Waals surface area contributed by atoms with E-state index in [2.05, 4.69) is 10.3 Å². The van der Waals surface area contributed by atoms with Crippen LogP contribution in [0.2, 0.25) is 0 Å². The number of aryl methyl sites for hydroxylation is 1. The molecule has 0 bridgehead atoms. The molecule has 0 saturated carbocycles. The third-order valence-electron chi connectivity index (χ3n) is 4.14. The van der Waals surface area contributed by atoms with Gasteiger partial charge in [0.15, 0.2) is 0 Å². The zero-order chi connectivity index (χ0) is 19.4. The standard InChI is InChI=1S/C20H21N3O3S/c1-15-6-3-9-17(14-15)23(27(2,25)26)13-11-19(24)22-18-10-4-7-16-8-5-12-21-20(16)18/h3-10,12,14H,11,13H2,1-2H3,(H,22,24). The summed E-state index contributed by atoms with van der Waals surface area (Å²) in [5.74, 6) is -0.269. The number of pyridine rings is 1. The van der Waals surface area contributed by atoms with Crippen LogP contribution in [0.1, 0.15) is 12.0 Å². The molecule has 3 aromatic rings. The molecule has 0 atom stereocenters. The van der Waals surface area contributed by atoms with E-state index in [1.807, 2.05) is 37.3 Å². The lowest BCUT2D eigenvalue weighted by molar-refractivity contribution is -0.116. The van der Waals surface area contributed by atoms with Crippen molar-refractivity contribution in [2.24, 2.45) is 0 Å². The number of hydrogen-bond acceptors (Lipinski definition) is 4. The number of aromatic nitrogens is 1. The van der Waals surface area contributed by atoms with E-state index in [4.69, 9.17) is 0 Å². The number of nitrogens with one attached hydrogen (secondary N) is 1. The van der Waals surface area contributed by atoms with Crippen molar-refractivity contribution in [2.45, 2.75) is 13.3 Å². The topological polar surface area (TPSA) is 79.4 Å². The number of benzene rings is 2. The Labute approximate surface area is 158 Å². The highest BCUT2D eigenvalue weighted by atomic mass is 32.2. The third kappa shape index (κ3) is 4.62. The molecule has 0 aliphatic heterocycles. The number of rotatable bonds is 6. The lowest BCUT2D eigenvalue weighted by atomic mass is 10.2. The number of sulfonamides is 1. The molecule has 1 N–H and O–H groups in total. The molecule has 1 amide bonds. The van der Waals surface area contributed by atoms with Crippen molar-refractivity contribution in [2.75, 3.05) is 22.4 Å². The molecule has 1 heterocycles. The van der Waals surface area contributed by atoms with Crippen LogP contribution in [0.25, 0.3) is 10.9 Å². The molecular formula is C20H21N3O3S. The molecule has 0 aliphatic rings. The predicted octanol–water partition coefficient (Wildman–Crippen LogP) is 3.34. The summed E-state index contributed by atoms with van der Waals surface area (Å²) < 4.78 is 25.6. The molecular weight excluding hydrogens is 362 g/mol. The van der Waals surface area contributed by atoms with Crippen LogP contribution in [0.15, 0.2) is 60.8 Å². The number of carbonyl (C=O) groups is 1. The summed E-state index contributed by atoms with van der Waals surface area (Å²) in [6.45, 7) is 1.95. The molecule has 0 unspecified atom stereocenters. The zero-order valence-corrected chi connectivity index (χ0v) is 16.0. The maximum atomic E-state index is 12.4. The molecule has 7 heteroatoms. The number of carbonyl (C=O) groups excluding carboxylic acids is 1. The Morgan fingerprint density at radius 1 is 1.11 bits per heavy atom. The first-order valence-corrected chi connectivity index (χ1v) is 10.4. The first kappa shape index (κ1) is 18.8. The number of para-hydroxylation sites is 1. The first-order valence-electron chi connectivity index (χ1n) is 8.52. The van der Waals surface area contributed by atoms with Crippen LogP contribution in [0.4, 0.5) is 11.4 Å². The van der Waals surface area contributed by atoms with Crippen molar-refractivity contribution in [3.8, 4) is 0 Å². The second-order valence-corrected chi connectivity index (χ2v) is 8.26. The molecule has 0 saturated heterocycles. The van der Waals surface area contributed by atoms with E-state index >= 15 is 0 Å². The maximum Gasteiger partial charge on any atom is 0.232 e. The van der Waals surface area contributed by atoms with Crippen molar-refractivity contribution in [3.63, 3.8) is 0 Å². The fourth-order valence-corrected chi connectivity index (χ4v) is 3.81. The molecule has 140 valence electrons. The van der Waals surface area contributed by atoms with E-state index in [1.54, 1.807) is 30.5 Å². The Morgan fingerprint density at radius 2 is 1.85 bits per heavy atom. The van der Waals surface area contributed by atoms with E-state index in [0.29, 0.717) is 16.9 Å². The Bertz CT molecular complexity index is 1080. The number of amides is 1. The van der Waals surface area contributed by atoms with E-state index < -0.39 is 10.0 Å². The molecule has 27 heavy (non-hydrogen) atoms. The molecule has 6 nitrogen and oxygen atoms in total. The van der Waals surface area contributed by atoms with Gasteiger partial charge in [-0.3, -0.25) is 14.1 Å². The van der Waals surface area contributed by atoms with E-state index in [9.17, 15) is 13.2 Å². The normalized spacial score (nSPS) is 11.3. The second-order valence-electron chi connectivity index (χ2n) is 6.35. The minimum absolute atomic E-state index is 0.0320. The summed E-state index contributed by atoms with van der Waals surface area (Å²) in [6.07, 6.45) is 2.84. The van der Waals surface area contributed by atoms with Crippen molar-refractivity contribution in [1.82, 2.24) is 4.98 Å². The van der Waals surface area contributed by atoms with Gasteiger partial charge in [0.25, 0.3) is 0 Å². The average Bonchev–Trinajstić information content (AvgIpc) is 2.61. The summed E-state index contributed by atoms with van der Waals surface area (Å²) in [6, 6.07) is 16.5. The van der Waals surface area contributed by atoms with E-state index in [1.165, 1.54) is 4.31 Å². The highest BCUT2D eigenvalue weighted by Gasteiger charge is 2.19. The molecule has 2 aromatic carbocycles. The number of nitrogens with zero attached hydrogens (tertiary/aromatic N) is 2. The summed E-state index contributed by atoms with van der Waals surface area (Å²) in [5.41, 5.74) is 2.82. The SMILES string of the molecule is Cc1cccc(N(CCC(=O)Nc2cccc3cccnc23)S(C)(=O)=O)c1. The van der Waals surface area contributed by atoms with Crippen LogP contribution in [0.5, 0.6) is 0 Å². The summed E-state index contributed by atoms with van der Waals surface area (Å²) in [5, 5.41) is 3.76. The van der Waals surface area contributed by atoms with Gasteiger partial charge in [0.1, 0.15) is 0 Å². The molecule has 0 fully saturated rings. The summed E-state index contributed by atoms with van der Waals surface area (Å²) >= 11 is 0. The van der Waals surface area contributed by atoms with Crippen molar-refractivity contribution in [3.05, 3.63) is 66.4 Å². The van der Waals surface area contributed by atoms with Gasteiger partial charge in [0.2, 0.25) is 15.9 Å². The van der Waals surface area contributed by atoms with Crippen LogP contribution in [-0.4, -0.2) is 32.1 Å². The van der Waals surface area contributed by atoms with Gasteiger partial charge in [0.05, 0.1) is 23.1 Å². The van der Waals surface area contributed by atoms with Gasteiger partial charge in [-0.1, -0.05) is 30.3 Å². The Morgan fingerprint density at radius 3 is 2.59 bits per heavy atom. The second kappa shape index (κ2) is 7.75. The van der Waals surface area contributed by atoms with Gasteiger partial charge in [-0.15, -0.1) is 0 Å². The predicted molar refractivity (Wildman–Crippen MR) is 108 cm³/mol. The van der Waals surface area contributed by atoms with Gasteiger partial charge >= 0.3 is 0 Å². The third-order valence-corrected chi connectivity index (χ3v) is 5.33. The highest BCUT2D eigenvalue weighted by molar-refractivity contribution is 7.92. The Balaban J connectivity index is 1.75. The van der Waals surface area contributed by atoms with Crippen LogP contribution >= 0.6 is 0 Å². The van der Waals surface area contributed by atoms with Gasteiger partial charge in [-0.05, 0) is 36.8 Å². The van der Waals surface area contributed by atoms with Crippen molar-refractivity contribution in [1.29, 1.82) is 0 Å². The highest BCUT2D eigenvalue weighted by Crippen LogP contribution is 2.22. The van der Waals surface area contributed by atoms with Gasteiger partial charge < -0.3 is 5.32 Å². The average molecular weight is 383 g/mol. The molecule has 0 radical (unpaired) electrons. The molecule has 3 rings (SSSR count). The van der Waals surface area contributed by atoms with E-state index in [0.717, 1.165) is 17.2 Å². The van der Waals surface area contributed by atoms with Crippen LogP contribution in [0.3, 0.4) is 0 Å². The zero-order valence-electron chi connectivity index (χ0n) is 15.2. The fraction of sp³-hybridized carbons (Fsp3) is 0.200. The first-order chi connectivity index (χ1) is 12.8. The minimum atomic E-state index is -3.50. The monoisotopic (exact) mass is 383 g/mol. The quantitative estimate of drug-likeness (QED) is 0.708. The van der Waals surface area contributed by atoms with Gasteiger partial charge in [0, 0.05) is 24.5 Å². The van der Waals surface area contributed by atoms with Crippen molar-refractivity contribution >= 4 is 38.2 Å². The summed E-state index contributed by atoms with van der Waals surface area (Å²) in [4.78, 5) is 16.7. The minimum Gasteiger partial charge on any atom is -0.324 e. The van der Waals surface area contributed by atoms with Crippen LogP contribution in [0, 0.1) is 6.92 Å². The molecule has 0 spiro atoms. The smallest absolute Gasteiger partial charge is 0.232 e. The summed E-state index contributed by atoms with van der Waals surface area (Å²) in [7, 11) is -3.50. The van der Waals surface area contributed by atoms with Crippen LogP contribution < -0.4 is 9.62 Å². The van der Waals surface area contributed by atoms with Crippen molar-refractivity contribution < 1.29 is 13.2 Å². The van der Waals surface area contributed by atoms with E-state index in [-0.39, 0.29) is 18.9 Å². The number of hydrogen-bond donors (Lipinski definition) is 1. The Hall–Kier alpha value is -2.93. The largest absolute Gasteiger partial charge is 0.324 e. The number of fused-ring (bicyclic) bond motifs is 1. The fourth-order valence-electron chi connectivity index (χ4n) is 2.89. The molecule has 1 aromatic heterocycles. The lowest BCUT2D eigenvalue weighted by Gasteiger charge is -2.22.